The summed E-state index contributed by atoms with van der Waals surface area (Å²) < 4.78 is 0. The van der Waals surface area contributed by atoms with Gasteiger partial charge in [-0.05, 0) is 30.7 Å². The van der Waals surface area contributed by atoms with Gasteiger partial charge in [0, 0.05) is 24.1 Å². The van der Waals surface area contributed by atoms with Crippen LogP contribution in [0.4, 0.5) is 0 Å². The minimum Gasteiger partial charge on any atom is -0.339 e. The number of hydroxylamine groups is 1. The fourth-order valence-electron chi connectivity index (χ4n) is 1.55. The van der Waals surface area contributed by atoms with Crippen molar-refractivity contribution in [2.75, 3.05) is 6.54 Å². The van der Waals surface area contributed by atoms with E-state index < -0.39 is 17.9 Å². The minimum absolute atomic E-state index is 0. The SMILES string of the molecule is C.CCCC#Cc1ccc(C(=O)N[C@@H](CN)C(=O)NO)cc1. The predicted molar refractivity (Wildman–Crippen MR) is 85.2 cm³/mol. The first-order chi connectivity index (χ1) is 10.1. The summed E-state index contributed by atoms with van der Waals surface area (Å²) >= 11 is 0. The van der Waals surface area contributed by atoms with Gasteiger partial charge in [0.1, 0.15) is 6.04 Å². The second-order valence-electron chi connectivity index (χ2n) is 4.37. The van der Waals surface area contributed by atoms with E-state index in [9.17, 15) is 9.59 Å². The van der Waals surface area contributed by atoms with Crippen molar-refractivity contribution in [3.63, 3.8) is 0 Å². The second-order valence-corrected chi connectivity index (χ2v) is 4.37. The first-order valence-corrected chi connectivity index (χ1v) is 6.66. The molecule has 0 bridgehead atoms. The molecule has 0 aromatic heterocycles. The third-order valence-corrected chi connectivity index (χ3v) is 2.72. The first-order valence-electron chi connectivity index (χ1n) is 6.66. The van der Waals surface area contributed by atoms with E-state index in [4.69, 9.17) is 10.9 Å². The summed E-state index contributed by atoms with van der Waals surface area (Å²) in [7, 11) is 0. The van der Waals surface area contributed by atoms with Gasteiger partial charge >= 0.3 is 0 Å². The van der Waals surface area contributed by atoms with Gasteiger partial charge < -0.3 is 11.1 Å². The van der Waals surface area contributed by atoms with E-state index in [1.54, 1.807) is 24.3 Å². The molecule has 1 aromatic carbocycles. The maximum atomic E-state index is 11.9. The molecule has 0 fully saturated rings. The molecule has 1 rings (SSSR count). The lowest BCUT2D eigenvalue weighted by Gasteiger charge is -2.14. The Morgan fingerprint density at radius 2 is 1.95 bits per heavy atom. The standard InChI is InChI=1S/C15H19N3O3.CH4/c1-2-3-4-5-11-6-8-12(9-7-11)14(19)17-13(10-16)15(20)18-21;/h6-9,13,21H,2-3,10,16H2,1H3,(H,17,19)(H,18,20);1H4/t13-;/m0./s1. The third-order valence-electron chi connectivity index (χ3n) is 2.72. The smallest absolute Gasteiger partial charge is 0.267 e. The summed E-state index contributed by atoms with van der Waals surface area (Å²) in [5.41, 5.74) is 8.03. The van der Waals surface area contributed by atoms with Crippen LogP contribution in [-0.2, 0) is 4.79 Å². The molecule has 1 aromatic rings. The fraction of sp³-hybridized carbons (Fsp3) is 0.375. The number of nitrogens with one attached hydrogen (secondary N) is 2. The van der Waals surface area contributed by atoms with Crippen LogP contribution in [0, 0.1) is 11.8 Å². The van der Waals surface area contributed by atoms with E-state index in [-0.39, 0.29) is 14.0 Å². The quantitative estimate of drug-likeness (QED) is 0.370. The monoisotopic (exact) mass is 305 g/mol. The van der Waals surface area contributed by atoms with Crippen LogP contribution in [0.1, 0.15) is 43.1 Å². The summed E-state index contributed by atoms with van der Waals surface area (Å²) in [6, 6.07) is 5.74. The molecule has 6 nitrogen and oxygen atoms in total. The Morgan fingerprint density at radius 1 is 1.32 bits per heavy atom. The summed E-state index contributed by atoms with van der Waals surface area (Å²) in [6.07, 6.45) is 1.83. The largest absolute Gasteiger partial charge is 0.339 e. The number of carbonyl (C=O) groups excluding carboxylic acids is 2. The molecule has 22 heavy (non-hydrogen) atoms. The van der Waals surface area contributed by atoms with Gasteiger partial charge in [0.25, 0.3) is 11.8 Å². The number of rotatable bonds is 5. The number of hydrogen-bond acceptors (Lipinski definition) is 4. The molecule has 0 aliphatic carbocycles. The van der Waals surface area contributed by atoms with Gasteiger partial charge in [0.05, 0.1) is 0 Å². The van der Waals surface area contributed by atoms with Gasteiger partial charge in [-0.15, -0.1) is 0 Å². The summed E-state index contributed by atoms with van der Waals surface area (Å²) in [6.45, 7) is 1.94. The lowest BCUT2D eigenvalue weighted by atomic mass is 10.1. The maximum Gasteiger partial charge on any atom is 0.267 e. The molecule has 2 amide bonds. The first kappa shape index (κ1) is 19.6. The van der Waals surface area contributed by atoms with Crippen LogP contribution < -0.4 is 16.5 Å². The number of hydrogen-bond donors (Lipinski definition) is 4. The van der Waals surface area contributed by atoms with Crippen molar-refractivity contribution in [2.45, 2.75) is 33.2 Å². The van der Waals surface area contributed by atoms with Crippen molar-refractivity contribution >= 4 is 11.8 Å². The number of benzene rings is 1. The van der Waals surface area contributed by atoms with Gasteiger partial charge in [0.15, 0.2) is 0 Å². The van der Waals surface area contributed by atoms with Crippen LogP contribution in [-0.4, -0.2) is 29.6 Å². The zero-order chi connectivity index (χ0) is 15.7. The molecule has 6 heteroatoms. The van der Waals surface area contributed by atoms with Crippen LogP contribution in [0.2, 0.25) is 0 Å². The molecule has 0 aliphatic rings. The van der Waals surface area contributed by atoms with E-state index in [0.717, 1.165) is 18.4 Å². The molecular weight excluding hydrogens is 282 g/mol. The molecule has 1 atom stereocenters. The van der Waals surface area contributed by atoms with Crippen LogP contribution >= 0.6 is 0 Å². The van der Waals surface area contributed by atoms with Crippen molar-refractivity contribution in [1.82, 2.24) is 10.8 Å². The van der Waals surface area contributed by atoms with Gasteiger partial charge in [-0.1, -0.05) is 26.2 Å². The topological polar surface area (TPSA) is 104 Å². The van der Waals surface area contributed by atoms with E-state index in [1.807, 2.05) is 0 Å². The highest BCUT2D eigenvalue weighted by atomic mass is 16.5. The number of carbonyl (C=O) groups is 2. The van der Waals surface area contributed by atoms with Crippen LogP contribution in [0.15, 0.2) is 24.3 Å². The molecular formula is C16H23N3O3. The van der Waals surface area contributed by atoms with Crippen molar-refractivity contribution in [2.24, 2.45) is 5.73 Å². The van der Waals surface area contributed by atoms with Crippen molar-refractivity contribution in [1.29, 1.82) is 0 Å². The summed E-state index contributed by atoms with van der Waals surface area (Å²) in [4.78, 5) is 23.2. The number of unbranched alkanes of at least 4 members (excludes halogenated alkanes) is 1. The van der Waals surface area contributed by atoms with Gasteiger partial charge in [-0.25, -0.2) is 5.48 Å². The lowest BCUT2D eigenvalue weighted by Crippen LogP contribution is -2.50. The molecule has 0 heterocycles. The van der Waals surface area contributed by atoms with Crippen LogP contribution in [0.3, 0.4) is 0 Å². The van der Waals surface area contributed by atoms with Crippen molar-refractivity contribution in [3.8, 4) is 11.8 Å². The van der Waals surface area contributed by atoms with Gasteiger partial charge in [-0.2, -0.15) is 0 Å². The highest BCUT2D eigenvalue weighted by molar-refractivity contribution is 5.97. The average Bonchev–Trinajstić information content (AvgIpc) is 2.52. The Labute approximate surface area is 131 Å². The molecule has 120 valence electrons. The Hall–Kier alpha value is -2.36. The molecule has 0 saturated carbocycles. The zero-order valence-corrected chi connectivity index (χ0v) is 11.8. The highest BCUT2D eigenvalue weighted by Crippen LogP contribution is 2.04. The fourth-order valence-corrected chi connectivity index (χ4v) is 1.55. The van der Waals surface area contributed by atoms with E-state index in [2.05, 4.69) is 24.1 Å². The Morgan fingerprint density at radius 3 is 2.45 bits per heavy atom. The Balaban J connectivity index is 0.00000441. The van der Waals surface area contributed by atoms with E-state index in [0.29, 0.717) is 5.56 Å². The maximum absolute atomic E-state index is 11.9. The summed E-state index contributed by atoms with van der Waals surface area (Å²) in [5, 5.41) is 11.0. The Kier molecular flexibility index (Phi) is 9.27. The number of amides is 2. The zero-order valence-electron chi connectivity index (χ0n) is 11.8. The summed E-state index contributed by atoms with van der Waals surface area (Å²) in [5.74, 6) is 4.81. The Bertz CT molecular complexity index is 544. The molecule has 0 aliphatic heterocycles. The van der Waals surface area contributed by atoms with E-state index >= 15 is 0 Å². The van der Waals surface area contributed by atoms with Crippen molar-refractivity contribution in [3.05, 3.63) is 35.4 Å². The van der Waals surface area contributed by atoms with Gasteiger partial charge in [-0.3, -0.25) is 14.8 Å². The van der Waals surface area contributed by atoms with E-state index in [1.165, 1.54) is 5.48 Å². The average molecular weight is 305 g/mol. The van der Waals surface area contributed by atoms with Gasteiger partial charge in [0.2, 0.25) is 0 Å². The normalized spacial score (nSPS) is 10.5. The lowest BCUT2D eigenvalue weighted by molar-refractivity contribution is -0.130. The number of nitrogens with two attached hydrogens (primary N) is 1. The van der Waals surface area contributed by atoms with Crippen LogP contribution in [0.5, 0.6) is 0 Å². The second kappa shape index (κ2) is 10.4. The molecule has 0 spiro atoms. The van der Waals surface area contributed by atoms with Crippen molar-refractivity contribution < 1.29 is 14.8 Å². The van der Waals surface area contributed by atoms with Crippen LogP contribution in [0.25, 0.3) is 0 Å². The third kappa shape index (κ3) is 5.95. The molecule has 0 unspecified atom stereocenters. The highest BCUT2D eigenvalue weighted by Gasteiger charge is 2.19. The predicted octanol–water partition coefficient (Wildman–Crippen LogP) is 1.04. The molecule has 0 saturated heterocycles. The molecule has 0 radical (unpaired) electrons. The minimum atomic E-state index is -0.980. The molecule has 5 N–H and O–H groups in total.